The molecule has 1 aromatic rings. The second kappa shape index (κ2) is 8.34. The van der Waals surface area contributed by atoms with Gasteiger partial charge in [-0.15, -0.1) is 0 Å². The summed E-state index contributed by atoms with van der Waals surface area (Å²) in [6.45, 7) is 1.26. The molecule has 1 saturated carbocycles. The Kier molecular flexibility index (Phi) is 6.38. The first kappa shape index (κ1) is 14.5. The molecular weight excluding hydrogens is 236 g/mol. The number of aliphatic hydroxyl groups excluding tert-OH is 1. The lowest BCUT2D eigenvalue weighted by Gasteiger charge is -2.26. The van der Waals surface area contributed by atoms with E-state index in [-0.39, 0.29) is 6.10 Å². The lowest BCUT2D eigenvalue weighted by molar-refractivity contribution is -0.00530. The van der Waals surface area contributed by atoms with Gasteiger partial charge >= 0.3 is 0 Å². The molecule has 2 heteroatoms. The van der Waals surface area contributed by atoms with Gasteiger partial charge in [0.05, 0.1) is 12.7 Å². The minimum Gasteiger partial charge on any atom is -0.390 e. The summed E-state index contributed by atoms with van der Waals surface area (Å²) in [5, 5.41) is 10.1. The Hall–Kier alpha value is -0.860. The number of aliphatic hydroxyl groups is 1. The molecule has 1 aliphatic rings. The van der Waals surface area contributed by atoms with Crippen LogP contribution in [0.3, 0.4) is 0 Å². The van der Waals surface area contributed by atoms with Gasteiger partial charge in [0.25, 0.3) is 0 Å². The van der Waals surface area contributed by atoms with Crippen molar-refractivity contribution in [1.29, 1.82) is 0 Å². The first-order valence-electron chi connectivity index (χ1n) is 7.66. The van der Waals surface area contributed by atoms with Crippen LogP contribution >= 0.6 is 0 Å². The highest BCUT2D eigenvalue weighted by Crippen LogP contribution is 2.26. The van der Waals surface area contributed by atoms with E-state index in [2.05, 4.69) is 24.3 Å². The maximum Gasteiger partial charge on any atom is 0.0801 e. The zero-order chi connectivity index (χ0) is 13.3. The van der Waals surface area contributed by atoms with E-state index in [9.17, 15) is 5.11 Å². The Morgan fingerprint density at radius 2 is 1.84 bits per heavy atom. The second-order valence-electron chi connectivity index (χ2n) is 5.63. The molecule has 1 aromatic carbocycles. The van der Waals surface area contributed by atoms with Crippen molar-refractivity contribution in [1.82, 2.24) is 0 Å². The molecule has 0 spiro atoms. The highest BCUT2D eigenvalue weighted by Gasteiger charge is 2.21. The SMILES string of the molecule is OC(COCCCc1ccccc1)C1CCCCC1. The van der Waals surface area contributed by atoms with Gasteiger partial charge in [-0.25, -0.2) is 0 Å². The quantitative estimate of drug-likeness (QED) is 0.761. The normalized spacial score (nSPS) is 18.4. The Morgan fingerprint density at radius 1 is 1.11 bits per heavy atom. The fourth-order valence-corrected chi connectivity index (χ4v) is 2.88. The molecule has 0 aromatic heterocycles. The summed E-state index contributed by atoms with van der Waals surface area (Å²) < 4.78 is 5.62. The van der Waals surface area contributed by atoms with Gasteiger partial charge < -0.3 is 9.84 Å². The van der Waals surface area contributed by atoms with Crippen molar-refractivity contribution in [2.45, 2.75) is 51.0 Å². The fraction of sp³-hybridized carbons (Fsp3) is 0.647. The summed E-state index contributed by atoms with van der Waals surface area (Å²) in [5.74, 6) is 0.475. The predicted octanol–water partition coefficient (Wildman–Crippen LogP) is 3.58. The van der Waals surface area contributed by atoms with Crippen molar-refractivity contribution >= 4 is 0 Å². The van der Waals surface area contributed by atoms with Gasteiger partial charge in [0, 0.05) is 6.61 Å². The minimum absolute atomic E-state index is 0.253. The van der Waals surface area contributed by atoms with Crippen molar-refractivity contribution in [3.63, 3.8) is 0 Å². The number of rotatable bonds is 7. The fourth-order valence-electron chi connectivity index (χ4n) is 2.88. The first-order chi connectivity index (χ1) is 9.36. The highest BCUT2D eigenvalue weighted by molar-refractivity contribution is 5.14. The zero-order valence-corrected chi connectivity index (χ0v) is 11.8. The summed E-state index contributed by atoms with van der Waals surface area (Å²) in [5.41, 5.74) is 1.36. The maximum atomic E-state index is 10.1. The van der Waals surface area contributed by atoms with Gasteiger partial charge in [0.1, 0.15) is 0 Å². The number of hydrogen-bond donors (Lipinski definition) is 1. The van der Waals surface area contributed by atoms with Gasteiger partial charge in [-0.3, -0.25) is 0 Å². The monoisotopic (exact) mass is 262 g/mol. The van der Waals surface area contributed by atoms with Crippen LogP contribution in [0.25, 0.3) is 0 Å². The molecule has 0 amide bonds. The Morgan fingerprint density at radius 3 is 2.58 bits per heavy atom. The van der Waals surface area contributed by atoms with E-state index in [1.54, 1.807) is 0 Å². The molecule has 2 nitrogen and oxygen atoms in total. The van der Waals surface area contributed by atoms with Crippen LogP contribution in [0.15, 0.2) is 30.3 Å². The Labute approximate surface area is 116 Å². The van der Waals surface area contributed by atoms with Crippen molar-refractivity contribution in [2.75, 3.05) is 13.2 Å². The van der Waals surface area contributed by atoms with E-state index >= 15 is 0 Å². The number of ether oxygens (including phenoxy) is 1. The lowest BCUT2D eigenvalue weighted by atomic mass is 9.85. The smallest absolute Gasteiger partial charge is 0.0801 e. The molecule has 0 radical (unpaired) electrons. The van der Waals surface area contributed by atoms with E-state index in [0.717, 1.165) is 19.4 Å². The molecule has 1 N–H and O–H groups in total. The first-order valence-corrected chi connectivity index (χ1v) is 7.66. The van der Waals surface area contributed by atoms with Crippen LogP contribution in [0, 0.1) is 5.92 Å². The van der Waals surface area contributed by atoms with Crippen molar-refractivity contribution in [2.24, 2.45) is 5.92 Å². The third kappa shape index (κ3) is 5.33. The Bertz CT molecular complexity index is 330. The topological polar surface area (TPSA) is 29.5 Å². The molecule has 1 unspecified atom stereocenters. The van der Waals surface area contributed by atoms with E-state index in [1.807, 2.05) is 6.07 Å². The van der Waals surface area contributed by atoms with Crippen LogP contribution in [0.1, 0.15) is 44.1 Å². The molecule has 0 bridgehead atoms. The van der Waals surface area contributed by atoms with Gasteiger partial charge in [-0.1, -0.05) is 49.6 Å². The van der Waals surface area contributed by atoms with E-state index < -0.39 is 0 Å². The van der Waals surface area contributed by atoms with Crippen molar-refractivity contribution in [3.8, 4) is 0 Å². The molecule has 19 heavy (non-hydrogen) atoms. The molecule has 1 fully saturated rings. The number of aryl methyl sites for hydroxylation is 1. The average molecular weight is 262 g/mol. The van der Waals surface area contributed by atoms with Gasteiger partial charge in [-0.05, 0) is 37.2 Å². The molecule has 106 valence electrons. The minimum atomic E-state index is -0.253. The molecule has 0 heterocycles. The van der Waals surface area contributed by atoms with Crippen LogP contribution in [0.4, 0.5) is 0 Å². The third-order valence-corrected chi connectivity index (χ3v) is 4.08. The second-order valence-corrected chi connectivity index (χ2v) is 5.63. The van der Waals surface area contributed by atoms with Crippen LogP contribution in [0.5, 0.6) is 0 Å². The average Bonchev–Trinajstić information content (AvgIpc) is 2.49. The van der Waals surface area contributed by atoms with E-state index in [1.165, 1.54) is 37.7 Å². The molecule has 0 saturated heterocycles. The number of hydrogen-bond acceptors (Lipinski definition) is 2. The van der Waals surface area contributed by atoms with Crippen LogP contribution in [-0.2, 0) is 11.2 Å². The molecule has 1 aliphatic carbocycles. The van der Waals surface area contributed by atoms with Crippen LogP contribution in [0.2, 0.25) is 0 Å². The summed E-state index contributed by atoms with van der Waals surface area (Å²) in [7, 11) is 0. The van der Waals surface area contributed by atoms with E-state index in [4.69, 9.17) is 4.74 Å². The van der Waals surface area contributed by atoms with E-state index in [0.29, 0.717) is 12.5 Å². The Balaban J connectivity index is 1.54. The largest absolute Gasteiger partial charge is 0.390 e. The summed E-state index contributed by atoms with van der Waals surface area (Å²) in [6, 6.07) is 10.5. The third-order valence-electron chi connectivity index (χ3n) is 4.08. The van der Waals surface area contributed by atoms with Crippen LogP contribution in [-0.4, -0.2) is 24.4 Å². The highest BCUT2D eigenvalue weighted by atomic mass is 16.5. The van der Waals surface area contributed by atoms with Gasteiger partial charge in [0.15, 0.2) is 0 Å². The molecule has 0 aliphatic heterocycles. The van der Waals surface area contributed by atoms with Gasteiger partial charge in [-0.2, -0.15) is 0 Å². The summed E-state index contributed by atoms with van der Waals surface area (Å²) in [6.07, 6.45) is 8.06. The molecular formula is C17H26O2. The standard InChI is InChI=1S/C17H26O2/c18-17(16-11-5-2-6-12-16)14-19-13-7-10-15-8-3-1-4-9-15/h1,3-4,8-9,16-18H,2,5-7,10-14H2. The zero-order valence-electron chi connectivity index (χ0n) is 11.8. The predicted molar refractivity (Wildman–Crippen MR) is 78.2 cm³/mol. The maximum absolute atomic E-state index is 10.1. The summed E-state index contributed by atoms with van der Waals surface area (Å²) >= 11 is 0. The van der Waals surface area contributed by atoms with Crippen molar-refractivity contribution < 1.29 is 9.84 Å². The van der Waals surface area contributed by atoms with Gasteiger partial charge in [0.2, 0.25) is 0 Å². The summed E-state index contributed by atoms with van der Waals surface area (Å²) in [4.78, 5) is 0. The molecule has 2 rings (SSSR count). The van der Waals surface area contributed by atoms with Crippen molar-refractivity contribution in [3.05, 3.63) is 35.9 Å². The lowest BCUT2D eigenvalue weighted by Crippen LogP contribution is -2.27. The molecule has 1 atom stereocenters. The van der Waals surface area contributed by atoms with Crippen LogP contribution < -0.4 is 0 Å². The number of benzene rings is 1.